The molecule has 0 amide bonds. The van der Waals surface area contributed by atoms with E-state index in [9.17, 15) is 9.90 Å². The summed E-state index contributed by atoms with van der Waals surface area (Å²) in [6.45, 7) is 0.671. The van der Waals surface area contributed by atoms with Gasteiger partial charge in [0.15, 0.2) is 0 Å². The second kappa shape index (κ2) is 6.06. The van der Waals surface area contributed by atoms with Gasteiger partial charge in [-0.1, -0.05) is 12.1 Å². The number of hydrogen-bond acceptors (Lipinski definition) is 3. The lowest BCUT2D eigenvalue weighted by Crippen LogP contribution is -2.31. The molecule has 1 aliphatic rings. The predicted octanol–water partition coefficient (Wildman–Crippen LogP) is 2.49. The number of carboxylic acids is 1. The molecule has 0 radical (unpaired) electrons. The van der Waals surface area contributed by atoms with Crippen LogP contribution in [-0.2, 0) is 9.53 Å². The topological polar surface area (TPSA) is 49.8 Å². The maximum atomic E-state index is 11.5. The Labute approximate surface area is 114 Å². The van der Waals surface area contributed by atoms with E-state index in [0.29, 0.717) is 6.61 Å². The van der Waals surface area contributed by atoms with Crippen LogP contribution in [0.2, 0.25) is 0 Å². The molecule has 4 nitrogen and oxygen atoms in total. The van der Waals surface area contributed by atoms with E-state index in [0.717, 1.165) is 30.5 Å². The molecule has 1 aromatic rings. The highest BCUT2D eigenvalue weighted by molar-refractivity contribution is 5.77. The molecule has 0 aromatic heterocycles. The molecule has 4 heteroatoms. The van der Waals surface area contributed by atoms with Crippen molar-refractivity contribution in [1.29, 1.82) is 0 Å². The van der Waals surface area contributed by atoms with Gasteiger partial charge in [0.1, 0.15) is 5.92 Å². The van der Waals surface area contributed by atoms with E-state index in [-0.39, 0.29) is 6.10 Å². The van der Waals surface area contributed by atoms with Crippen LogP contribution in [0.5, 0.6) is 0 Å². The van der Waals surface area contributed by atoms with Gasteiger partial charge in [-0.15, -0.1) is 0 Å². The average molecular weight is 263 g/mol. The van der Waals surface area contributed by atoms with Gasteiger partial charge in [-0.25, -0.2) is 0 Å². The minimum Gasteiger partial charge on any atom is -0.481 e. The van der Waals surface area contributed by atoms with Crippen molar-refractivity contribution in [3.63, 3.8) is 0 Å². The van der Waals surface area contributed by atoms with E-state index in [2.05, 4.69) is 0 Å². The van der Waals surface area contributed by atoms with Crippen molar-refractivity contribution < 1.29 is 14.6 Å². The van der Waals surface area contributed by atoms with Crippen molar-refractivity contribution >= 4 is 11.7 Å². The van der Waals surface area contributed by atoms with Crippen molar-refractivity contribution in [2.75, 3.05) is 25.6 Å². The Kier molecular flexibility index (Phi) is 4.43. The predicted molar refractivity (Wildman–Crippen MR) is 74.7 cm³/mol. The van der Waals surface area contributed by atoms with Crippen LogP contribution in [0.25, 0.3) is 0 Å². The third-order valence-corrected chi connectivity index (χ3v) is 3.62. The van der Waals surface area contributed by atoms with Gasteiger partial charge in [0.2, 0.25) is 0 Å². The van der Waals surface area contributed by atoms with Crippen LogP contribution in [0.15, 0.2) is 24.3 Å². The Hall–Kier alpha value is -1.55. The third kappa shape index (κ3) is 3.26. The highest BCUT2D eigenvalue weighted by Crippen LogP contribution is 2.29. The van der Waals surface area contributed by atoms with Crippen molar-refractivity contribution in [2.24, 2.45) is 0 Å². The monoisotopic (exact) mass is 263 g/mol. The first kappa shape index (κ1) is 13.9. The third-order valence-electron chi connectivity index (χ3n) is 3.62. The van der Waals surface area contributed by atoms with E-state index in [1.807, 2.05) is 43.3 Å². The zero-order chi connectivity index (χ0) is 13.8. The quantitative estimate of drug-likeness (QED) is 0.906. The summed E-state index contributed by atoms with van der Waals surface area (Å²) in [6, 6.07) is 7.69. The van der Waals surface area contributed by atoms with E-state index in [1.165, 1.54) is 0 Å². The Bertz CT molecular complexity index is 422. The maximum Gasteiger partial charge on any atom is 0.313 e. The van der Waals surface area contributed by atoms with Gasteiger partial charge in [-0.3, -0.25) is 4.79 Å². The molecule has 1 heterocycles. The van der Waals surface area contributed by atoms with Crippen LogP contribution in [0, 0.1) is 0 Å². The summed E-state index contributed by atoms with van der Waals surface area (Å²) < 4.78 is 5.64. The smallest absolute Gasteiger partial charge is 0.313 e. The second-order valence-corrected chi connectivity index (χ2v) is 5.21. The number of ether oxygens (including phenoxy) is 1. The molecule has 19 heavy (non-hydrogen) atoms. The van der Waals surface area contributed by atoms with Gasteiger partial charge in [-0.2, -0.15) is 0 Å². The Morgan fingerprint density at radius 2 is 2.00 bits per heavy atom. The van der Waals surface area contributed by atoms with Crippen molar-refractivity contribution in [1.82, 2.24) is 0 Å². The first-order chi connectivity index (χ1) is 9.09. The van der Waals surface area contributed by atoms with Gasteiger partial charge in [-0.05, 0) is 37.0 Å². The summed E-state index contributed by atoms with van der Waals surface area (Å²) in [5, 5.41) is 9.47. The van der Waals surface area contributed by atoms with Crippen molar-refractivity contribution in [3.8, 4) is 0 Å². The van der Waals surface area contributed by atoms with Crippen LogP contribution in [0.4, 0.5) is 5.69 Å². The van der Waals surface area contributed by atoms with Crippen LogP contribution in [0.3, 0.4) is 0 Å². The molecule has 104 valence electrons. The van der Waals surface area contributed by atoms with Crippen LogP contribution >= 0.6 is 0 Å². The molecule has 2 atom stereocenters. The maximum absolute atomic E-state index is 11.5. The van der Waals surface area contributed by atoms with Crippen LogP contribution < -0.4 is 4.90 Å². The van der Waals surface area contributed by atoms with Gasteiger partial charge in [0.05, 0.1) is 6.10 Å². The van der Waals surface area contributed by atoms with Gasteiger partial charge < -0.3 is 14.7 Å². The second-order valence-electron chi connectivity index (χ2n) is 5.21. The molecule has 1 aliphatic heterocycles. The first-order valence-corrected chi connectivity index (χ1v) is 6.71. The summed E-state index contributed by atoms with van der Waals surface area (Å²) in [7, 11) is 3.93. The summed E-state index contributed by atoms with van der Waals surface area (Å²) in [5.74, 6) is -1.36. The van der Waals surface area contributed by atoms with Gasteiger partial charge in [0, 0.05) is 26.4 Å². The van der Waals surface area contributed by atoms with Gasteiger partial charge >= 0.3 is 5.97 Å². The largest absolute Gasteiger partial charge is 0.481 e. The molecule has 2 rings (SSSR count). The SMILES string of the molecule is CN(C)c1ccc(C(C(=O)O)C2CCCCO2)cc1. The highest BCUT2D eigenvalue weighted by Gasteiger charge is 2.31. The number of hydrogen-bond donors (Lipinski definition) is 1. The number of nitrogens with zero attached hydrogens (tertiary/aromatic N) is 1. The summed E-state index contributed by atoms with van der Waals surface area (Å²) >= 11 is 0. The lowest BCUT2D eigenvalue weighted by atomic mass is 9.89. The van der Waals surface area contributed by atoms with Crippen molar-refractivity contribution in [3.05, 3.63) is 29.8 Å². The van der Waals surface area contributed by atoms with Crippen molar-refractivity contribution in [2.45, 2.75) is 31.3 Å². The number of carboxylic acid groups (broad SMARTS) is 1. The molecule has 1 saturated heterocycles. The summed E-state index contributed by atoms with van der Waals surface area (Å²) in [5.41, 5.74) is 1.89. The fraction of sp³-hybridized carbons (Fsp3) is 0.533. The van der Waals surface area contributed by atoms with E-state index in [1.54, 1.807) is 0 Å². The fourth-order valence-corrected chi connectivity index (χ4v) is 2.52. The Morgan fingerprint density at radius 1 is 1.32 bits per heavy atom. The molecule has 1 N–H and O–H groups in total. The zero-order valence-corrected chi connectivity index (χ0v) is 11.5. The molecular formula is C15H21NO3. The van der Waals surface area contributed by atoms with Crippen LogP contribution in [0.1, 0.15) is 30.7 Å². The first-order valence-electron chi connectivity index (χ1n) is 6.71. The van der Waals surface area contributed by atoms with Crippen LogP contribution in [-0.4, -0.2) is 37.9 Å². The van der Waals surface area contributed by atoms with E-state index < -0.39 is 11.9 Å². The molecule has 2 unspecified atom stereocenters. The lowest BCUT2D eigenvalue weighted by Gasteiger charge is -2.28. The lowest BCUT2D eigenvalue weighted by molar-refractivity contribution is -0.144. The molecule has 0 aliphatic carbocycles. The summed E-state index contributed by atoms with van der Waals surface area (Å²) in [4.78, 5) is 13.5. The average Bonchev–Trinajstić information content (AvgIpc) is 2.40. The molecule has 0 bridgehead atoms. The Morgan fingerprint density at radius 3 is 2.47 bits per heavy atom. The highest BCUT2D eigenvalue weighted by atomic mass is 16.5. The number of rotatable bonds is 4. The van der Waals surface area contributed by atoms with E-state index >= 15 is 0 Å². The molecule has 0 spiro atoms. The standard InChI is InChI=1S/C15H21NO3/c1-16(2)12-8-6-11(7-9-12)14(15(17)18)13-5-3-4-10-19-13/h6-9,13-14H,3-5,10H2,1-2H3,(H,17,18). The molecule has 1 fully saturated rings. The zero-order valence-electron chi connectivity index (χ0n) is 11.5. The summed E-state index contributed by atoms with van der Waals surface area (Å²) in [6.07, 6.45) is 2.70. The fourth-order valence-electron chi connectivity index (χ4n) is 2.52. The molecular weight excluding hydrogens is 242 g/mol. The number of benzene rings is 1. The minimum atomic E-state index is -0.801. The Balaban J connectivity index is 2.20. The minimum absolute atomic E-state index is 0.198. The number of aliphatic carboxylic acids is 1. The normalized spacial score (nSPS) is 20.8. The number of anilines is 1. The van der Waals surface area contributed by atoms with Gasteiger partial charge in [0.25, 0.3) is 0 Å². The van der Waals surface area contributed by atoms with E-state index in [4.69, 9.17) is 4.74 Å². The molecule has 0 saturated carbocycles. The molecule has 1 aromatic carbocycles. The number of carbonyl (C=O) groups is 1.